The van der Waals surface area contributed by atoms with E-state index in [-0.39, 0.29) is 5.82 Å². The third-order valence-electron chi connectivity index (χ3n) is 5.65. The van der Waals surface area contributed by atoms with Gasteiger partial charge < -0.3 is 9.64 Å². The number of methoxy groups -OCH3 is 1. The Morgan fingerprint density at radius 3 is 2.60 bits per heavy atom. The minimum Gasteiger partial charge on any atom is -0.378 e. The fourth-order valence-electron chi connectivity index (χ4n) is 4.50. The Bertz CT molecular complexity index is 752. The first-order valence-corrected chi connectivity index (χ1v) is 9.00. The Morgan fingerprint density at radius 2 is 1.92 bits per heavy atom. The van der Waals surface area contributed by atoms with Crippen LogP contribution in [-0.4, -0.2) is 29.2 Å². The largest absolute Gasteiger partial charge is 0.378 e. The van der Waals surface area contributed by atoms with E-state index in [1.165, 1.54) is 18.4 Å². The van der Waals surface area contributed by atoms with Gasteiger partial charge in [0.2, 0.25) is 0 Å². The number of ether oxygens (including phenoxy) is 1. The van der Waals surface area contributed by atoms with E-state index in [0.717, 1.165) is 29.9 Å². The molecule has 1 aromatic carbocycles. The highest BCUT2D eigenvalue weighted by molar-refractivity contribution is 5.45. The number of rotatable bonds is 4. The van der Waals surface area contributed by atoms with E-state index in [9.17, 15) is 4.39 Å². The molecule has 0 spiro atoms. The van der Waals surface area contributed by atoms with Crippen molar-refractivity contribution >= 4 is 5.82 Å². The van der Waals surface area contributed by atoms with Crippen molar-refractivity contribution in [3.63, 3.8) is 0 Å². The Morgan fingerprint density at radius 1 is 1.16 bits per heavy atom. The smallest absolute Gasteiger partial charge is 0.132 e. The van der Waals surface area contributed by atoms with E-state index >= 15 is 0 Å². The van der Waals surface area contributed by atoms with Crippen LogP contribution in [0.4, 0.5) is 10.2 Å². The molecular weight excluding hydrogens is 317 g/mol. The fourth-order valence-corrected chi connectivity index (χ4v) is 4.50. The number of fused-ring (bicyclic) bond motifs is 2. The van der Waals surface area contributed by atoms with Crippen molar-refractivity contribution in [2.24, 2.45) is 0 Å². The molecule has 0 radical (unpaired) electrons. The number of hydrogen-bond acceptors (Lipinski definition) is 4. The van der Waals surface area contributed by atoms with Gasteiger partial charge in [0.05, 0.1) is 12.3 Å². The number of benzene rings is 1. The van der Waals surface area contributed by atoms with Crippen LogP contribution in [0.5, 0.6) is 0 Å². The molecule has 3 heterocycles. The molecule has 5 heteroatoms. The quantitative estimate of drug-likeness (QED) is 0.843. The lowest BCUT2D eigenvalue weighted by Gasteiger charge is -2.40. The molecule has 0 saturated carbocycles. The van der Waals surface area contributed by atoms with Gasteiger partial charge in [-0.3, -0.25) is 0 Å². The summed E-state index contributed by atoms with van der Waals surface area (Å²) in [7, 11) is 1.68. The van der Waals surface area contributed by atoms with Crippen molar-refractivity contribution in [3.8, 4) is 0 Å². The molecule has 2 aliphatic heterocycles. The van der Waals surface area contributed by atoms with Gasteiger partial charge in [0.25, 0.3) is 0 Å². The lowest BCUT2D eigenvalue weighted by atomic mass is 9.84. The predicted molar refractivity (Wildman–Crippen MR) is 95.1 cm³/mol. The third kappa shape index (κ3) is 3.13. The molecule has 0 aliphatic carbocycles. The molecule has 1 unspecified atom stereocenters. The maximum Gasteiger partial charge on any atom is 0.132 e. The van der Waals surface area contributed by atoms with Gasteiger partial charge in [0, 0.05) is 25.3 Å². The number of halogens is 1. The summed E-state index contributed by atoms with van der Waals surface area (Å²) in [6.45, 7) is 2.36. The maximum atomic E-state index is 13.6. The van der Waals surface area contributed by atoms with Gasteiger partial charge in [-0.05, 0) is 55.7 Å². The summed E-state index contributed by atoms with van der Waals surface area (Å²) < 4.78 is 18.8. The zero-order chi connectivity index (χ0) is 17.4. The third-order valence-corrected chi connectivity index (χ3v) is 5.65. The van der Waals surface area contributed by atoms with Crippen molar-refractivity contribution in [2.45, 2.75) is 57.2 Å². The van der Waals surface area contributed by atoms with Crippen molar-refractivity contribution in [2.75, 3.05) is 12.0 Å². The van der Waals surface area contributed by atoms with E-state index in [4.69, 9.17) is 4.74 Å². The standard InChI is InChI=1S/C20H24FN3O/c1-13-7-14(3-6-19(13)21)15-8-17-4-5-18(9-15)24(17)20-10-16(11-25-2)22-12-23-20/h3,6-7,10,12,15,17-18H,4-5,8-9,11H2,1-2H3/t15?,17-,18+. The summed E-state index contributed by atoms with van der Waals surface area (Å²) in [5.41, 5.74) is 2.94. The van der Waals surface area contributed by atoms with Crippen molar-refractivity contribution in [1.29, 1.82) is 0 Å². The molecule has 3 atom stereocenters. The molecule has 132 valence electrons. The summed E-state index contributed by atoms with van der Waals surface area (Å²) in [5, 5.41) is 0. The Labute approximate surface area is 148 Å². The van der Waals surface area contributed by atoms with Crippen LogP contribution in [0.15, 0.2) is 30.6 Å². The summed E-state index contributed by atoms with van der Waals surface area (Å²) in [6.07, 6.45) is 6.24. The first kappa shape index (κ1) is 16.5. The highest BCUT2D eigenvalue weighted by Gasteiger charge is 2.41. The molecular formula is C20H24FN3O. The second kappa shape index (κ2) is 6.71. The van der Waals surface area contributed by atoms with Gasteiger partial charge in [-0.1, -0.05) is 12.1 Å². The van der Waals surface area contributed by atoms with Gasteiger partial charge in [0.15, 0.2) is 0 Å². The highest BCUT2D eigenvalue weighted by Crippen LogP contribution is 2.44. The number of aryl methyl sites for hydroxylation is 1. The van der Waals surface area contributed by atoms with Gasteiger partial charge in [-0.15, -0.1) is 0 Å². The normalized spacial score (nSPS) is 25.4. The zero-order valence-corrected chi connectivity index (χ0v) is 14.8. The molecule has 4 rings (SSSR count). The summed E-state index contributed by atoms with van der Waals surface area (Å²) in [4.78, 5) is 11.3. The van der Waals surface area contributed by atoms with Crippen molar-refractivity contribution in [3.05, 3.63) is 53.2 Å². The molecule has 2 fully saturated rings. The lowest BCUT2D eigenvalue weighted by molar-refractivity contribution is 0.181. The fraction of sp³-hybridized carbons (Fsp3) is 0.500. The molecule has 0 amide bonds. The van der Waals surface area contributed by atoms with Crippen LogP contribution in [0.25, 0.3) is 0 Å². The van der Waals surface area contributed by atoms with Gasteiger partial charge in [-0.25, -0.2) is 14.4 Å². The van der Waals surface area contributed by atoms with Gasteiger partial charge in [-0.2, -0.15) is 0 Å². The minimum absolute atomic E-state index is 0.115. The van der Waals surface area contributed by atoms with Crippen LogP contribution in [0, 0.1) is 12.7 Å². The van der Waals surface area contributed by atoms with Crippen LogP contribution in [-0.2, 0) is 11.3 Å². The summed E-state index contributed by atoms with van der Waals surface area (Å²) >= 11 is 0. The predicted octanol–water partition coefficient (Wildman–Crippen LogP) is 3.99. The van der Waals surface area contributed by atoms with E-state index in [0.29, 0.717) is 24.6 Å². The van der Waals surface area contributed by atoms with Crippen molar-refractivity contribution in [1.82, 2.24) is 9.97 Å². The summed E-state index contributed by atoms with van der Waals surface area (Å²) in [5.74, 6) is 1.41. The molecule has 4 nitrogen and oxygen atoms in total. The SMILES string of the molecule is COCc1cc(N2[C@@H]3CC[C@H]2CC(c2ccc(F)c(C)c2)C3)ncn1. The molecule has 2 saturated heterocycles. The van der Waals surface area contributed by atoms with E-state index in [1.54, 1.807) is 19.5 Å². The molecule has 1 aromatic heterocycles. The summed E-state index contributed by atoms with van der Waals surface area (Å²) in [6, 6.07) is 8.65. The second-order valence-corrected chi connectivity index (χ2v) is 7.27. The number of anilines is 1. The average molecular weight is 341 g/mol. The van der Waals surface area contributed by atoms with Crippen LogP contribution >= 0.6 is 0 Å². The van der Waals surface area contributed by atoms with Crippen LogP contribution in [0.2, 0.25) is 0 Å². The van der Waals surface area contributed by atoms with E-state index in [2.05, 4.69) is 20.9 Å². The first-order chi connectivity index (χ1) is 12.2. The highest BCUT2D eigenvalue weighted by atomic mass is 19.1. The number of piperidine rings is 1. The topological polar surface area (TPSA) is 38.2 Å². The maximum absolute atomic E-state index is 13.6. The van der Waals surface area contributed by atoms with E-state index in [1.807, 2.05) is 19.1 Å². The Kier molecular flexibility index (Phi) is 4.42. The molecule has 2 aromatic rings. The van der Waals surface area contributed by atoms with E-state index < -0.39 is 0 Å². The Hall–Kier alpha value is -2.01. The number of hydrogen-bond donors (Lipinski definition) is 0. The second-order valence-electron chi connectivity index (χ2n) is 7.27. The molecule has 2 bridgehead atoms. The zero-order valence-electron chi connectivity index (χ0n) is 14.8. The van der Waals surface area contributed by atoms with Crippen LogP contribution < -0.4 is 4.90 Å². The molecule has 0 N–H and O–H groups in total. The molecule has 2 aliphatic rings. The van der Waals surface area contributed by atoms with Crippen molar-refractivity contribution < 1.29 is 9.13 Å². The average Bonchev–Trinajstić information content (AvgIpc) is 2.88. The van der Waals surface area contributed by atoms with Gasteiger partial charge >= 0.3 is 0 Å². The monoisotopic (exact) mass is 341 g/mol. The van der Waals surface area contributed by atoms with Gasteiger partial charge in [0.1, 0.15) is 18.0 Å². The number of aromatic nitrogens is 2. The van der Waals surface area contributed by atoms with Crippen LogP contribution in [0.3, 0.4) is 0 Å². The molecule has 25 heavy (non-hydrogen) atoms. The minimum atomic E-state index is -0.115. The number of nitrogens with zero attached hydrogens (tertiary/aromatic N) is 3. The van der Waals surface area contributed by atoms with Crippen LogP contribution in [0.1, 0.15) is 48.4 Å². The lowest BCUT2D eigenvalue weighted by Crippen LogP contribution is -2.43. The first-order valence-electron chi connectivity index (χ1n) is 9.00. The Balaban J connectivity index is 1.56.